The van der Waals surface area contributed by atoms with Crippen molar-refractivity contribution in [1.29, 1.82) is 5.41 Å². The summed E-state index contributed by atoms with van der Waals surface area (Å²) < 4.78 is 22.5. The minimum absolute atomic E-state index is 0.120. The molecule has 30 heavy (non-hydrogen) atoms. The fraction of sp³-hybridized carbons (Fsp3) is 0.625. The average Bonchev–Trinajstić information content (AvgIpc) is 2.57. The van der Waals surface area contributed by atoms with Crippen LogP contribution in [0.15, 0.2) is 0 Å². The fourth-order valence-corrected chi connectivity index (χ4v) is 2.17. The van der Waals surface area contributed by atoms with E-state index in [2.05, 4.69) is 0 Å². The molecule has 11 nitrogen and oxygen atoms in total. The molecule has 4 unspecified atom stereocenters. The van der Waals surface area contributed by atoms with Gasteiger partial charge in [0.15, 0.2) is 30.7 Å². The molecule has 0 saturated carbocycles. The highest BCUT2D eigenvalue weighted by molar-refractivity contribution is 6.76. The van der Waals surface area contributed by atoms with E-state index in [0.717, 1.165) is 27.7 Å². The zero-order valence-electron chi connectivity index (χ0n) is 16.3. The summed E-state index contributed by atoms with van der Waals surface area (Å²) in [6, 6.07) is 0. The van der Waals surface area contributed by atoms with Crippen LogP contribution in [0, 0.1) is 5.41 Å². The third kappa shape index (κ3) is 10.6. The Labute approximate surface area is 186 Å². The van der Waals surface area contributed by atoms with Crippen LogP contribution >= 0.6 is 34.8 Å². The summed E-state index contributed by atoms with van der Waals surface area (Å²) in [5, 5.41) is 7.72. The minimum atomic E-state index is -2.36. The molecular weight excluding hydrogens is 473 g/mol. The molecule has 0 heterocycles. The second kappa shape index (κ2) is 12.6. The molecule has 0 aliphatic heterocycles. The topological polar surface area (TPSA) is 155 Å². The maximum atomic E-state index is 11.6. The third-order valence-electron chi connectivity index (χ3n) is 3.03. The highest BCUT2D eigenvalue weighted by atomic mass is 35.6. The molecule has 0 aliphatic carbocycles. The van der Waals surface area contributed by atoms with Crippen molar-refractivity contribution in [2.45, 2.75) is 55.9 Å². The first-order valence-electron chi connectivity index (χ1n) is 8.11. The number of nitrogens with one attached hydrogen (secondary N) is 1. The normalized spacial score (nSPS) is 14.9. The molecule has 0 spiro atoms. The summed E-state index contributed by atoms with van der Waals surface area (Å²) in [6.07, 6.45) is -6.72. The maximum absolute atomic E-state index is 11.6. The molecule has 170 valence electrons. The lowest BCUT2D eigenvalue weighted by Crippen LogP contribution is -2.54. The molecular formula is C16H20Cl3NO10. The van der Waals surface area contributed by atoms with E-state index < -0.39 is 64.6 Å². The molecule has 0 aromatic heterocycles. The van der Waals surface area contributed by atoms with E-state index in [4.69, 9.17) is 63.9 Å². The van der Waals surface area contributed by atoms with Gasteiger partial charge in [-0.1, -0.05) is 34.8 Å². The number of aldehydes is 1. The van der Waals surface area contributed by atoms with Gasteiger partial charge in [-0.25, -0.2) is 0 Å². The highest BCUT2D eigenvalue weighted by Gasteiger charge is 2.45. The van der Waals surface area contributed by atoms with E-state index >= 15 is 0 Å². The van der Waals surface area contributed by atoms with E-state index in [1.54, 1.807) is 0 Å². The summed E-state index contributed by atoms with van der Waals surface area (Å²) >= 11 is 16.7. The summed E-state index contributed by atoms with van der Waals surface area (Å²) in [6.45, 7) is 3.30. The van der Waals surface area contributed by atoms with Crippen molar-refractivity contribution in [2.24, 2.45) is 0 Å². The predicted molar refractivity (Wildman–Crippen MR) is 102 cm³/mol. The minimum Gasteiger partial charge on any atom is -0.467 e. The standard InChI is InChI=1S/C16H20Cl3NO10/c1-7(22)26-6-12(30-15(20)16(17,18)19)14(29-10(4)25)13(28-9(3)24)11(5-21)27-8(2)23/h5,11-14,20H,6H2,1-4H3. The molecule has 4 atom stereocenters. The molecule has 0 amide bonds. The van der Waals surface area contributed by atoms with Gasteiger partial charge in [-0.2, -0.15) is 0 Å². The van der Waals surface area contributed by atoms with Crippen LogP contribution in [-0.2, 0) is 47.7 Å². The first-order valence-corrected chi connectivity index (χ1v) is 9.25. The summed E-state index contributed by atoms with van der Waals surface area (Å²) in [4.78, 5) is 57.3. The Balaban J connectivity index is 6.26. The number of hydrogen-bond donors (Lipinski definition) is 1. The lowest BCUT2D eigenvalue weighted by Gasteiger charge is -2.34. The van der Waals surface area contributed by atoms with Gasteiger partial charge < -0.3 is 23.7 Å². The van der Waals surface area contributed by atoms with Gasteiger partial charge in [0, 0.05) is 27.7 Å². The highest BCUT2D eigenvalue weighted by Crippen LogP contribution is 2.29. The van der Waals surface area contributed by atoms with Crippen molar-refractivity contribution < 1.29 is 47.7 Å². The zero-order chi connectivity index (χ0) is 23.6. The summed E-state index contributed by atoms with van der Waals surface area (Å²) in [5.41, 5.74) is 0. The molecule has 14 heteroatoms. The first kappa shape index (κ1) is 27.9. The van der Waals surface area contributed by atoms with Crippen LogP contribution in [0.3, 0.4) is 0 Å². The number of ether oxygens (including phenoxy) is 5. The Kier molecular flexibility index (Phi) is 11.7. The SMILES string of the molecule is CC(=O)OCC(OC(=N)C(Cl)(Cl)Cl)C(OC(C)=O)C(OC(C)=O)C(C=O)OC(C)=O. The molecule has 0 radical (unpaired) electrons. The van der Waals surface area contributed by atoms with Crippen LogP contribution in [0.5, 0.6) is 0 Å². The average molecular weight is 493 g/mol. The summed E-state index contributed by atoms with van der Waals surface area (Å²) in [5.74, 6) is -4.56. The largest absolute Gasteiger partial charge is 0.467 e. The molecule has 0 aromatic rings. The van der Waals surface area contributed by atoms with E-state index in [-0.39, 0.29) is 6.29 Å². The number of carbonyl (C=O) groups is 5. The maximum Gasteiger partial charge on any atom is 0.303 e. The van der Waals surface area contributed by atoms with Crippen molar-refractivity contribution in [3.8, 4) is 0 Å². The Morgan fingerprint density at radius 3 is 1.67 bits per heavy atom. The number of halogens is 3. The monoisotopic (exact) mass is 491 g/mol. The Morgan fingerprint density at radius 1 is 0.833 bits per heavy atom. The Bertz CT molecular complexity index is 679. The van der Waals surface area contributed by atoms with Crippen LogP contribution in [0.25, 0.3) is 0 Å². The van der Waals surface area contributed by atoms with Crippen molar-refractivity contribution in [2.75, 3.05) is 6.61 Å². The van der Waals surface area contributed by atoms with Crippen LogP contribution in [0.1, 0.15) is 27.7 Å². The fourth-order valence-electron chi connectivity index (χ4n) is 2.04. The van der Waals surface area contributed by atoms with Gasteiger partial charge in [0.2, 0.25) is 5.90 Å². The number of alkyl halides is 3. The number of carbonyl (C=O) groups excluding carboxylic acids is 5. The van der Waals surface area contributed by atoms with E-state index in [9.17, 15) is 24.0 Å². The van der Waals surface area contributed by atoms with Gasteiger partial charge in [-0.3, -0.25) is 29.4 Å². The zero-order valence-corrected chi connectivity index (χ0v) is 18.6. The Hall–Kier alpha value is -2.11. The molecule has 0 aromatic carbocycles. The van der Waals surface area contributed by atoms with Gasteiger partial charge in [-0.05, 0) is 0 Å². The Morgan fingerprint density at radius 2 is 1.30 bits per heavy atom. The van der Waals surface area contributed by atoms with Crippen LogP contribution in [0.2, 0.25) is 0 Å². The lowest BCUT2D eigenvalue weighted by molar-refractivity contribution is -0.194. The van der Waals surface area contributed by atoms with Gasteiger partial charge in [0.25, 0.3) is 3.79 Å². The first-order chi connectivity index (χ1) is 13.7. The van der Waals surface area contributed by atoms with E-state index in [0.29, 0.717) is 0 Å². The van der Waals surface area contributed by atoms with Crippen LogP contribution in [0.4, 0.5) is 0 Å². The van der Waals surface area contributed by atoms with Gasteiger partial charge in [-0.15, -0.1) is 0 Å². The molecule has 0 saturated heterocycles. The third-order valence-corrected chi connectivity index (χ3v) is 3.55. The second-order valence-corrected chi connectivity index (χ2v) is 7.93. The molecule has 0 bridgehead atoms. The van der Waals surface area contributed by atoms with Crippen molar-refractivity contribution >= 4 is 70.9 Å². The number of esters is 4. The molecule has 0 fully saturated rings. The van der Waals surface area contributed by atoms with Crippen LogP contribution in [-0.4, -0.2) is 70.9 Å². The number of hydrogen-bond acceptors (Lipinski definition) is 11. The smallest absolute Gasteiger partial charge is 0.303 e. The molecule has 1 N–H and O–H groups in total. The van der Waals surface area contributed by atoms with Gasteiger partial charge in [0.1, 0.15) is 6.61 Å². The predicted octanol–water partition coefficient (Wildman–Crippen LogP) is 1.28. The van der Waals surface area contributed by atoms with E-state index in [1.165, 1.54) is 0 Å². The number of rotatable bonds is 10. The van der Waals surface area contributed by atoms with Crippen molar-refractivity contribution in [1.82, 2.24) is 0 Å². The lowest BCUT2D eigenvalue weighted by atomic mass is 10.0. The van der Waals surface area contributed by atoms with E-state index in [1.807, 2.05) is 0 Å². The quantitative estimate of drug-likeness (QED) is 0.118. The van der Waals surface area contributed by atoms with Crippen molar-refractivity contribution in [3.63, 3.8) is 0 Å². The second-order valence-electron chi connectivity index (χ2n) is 5.64. The van der Waals surface area contributed by atoms with Gasteiger partial charge in [0.05, 0.1) is 0 Å². The van der Waals surface area contributed by atoms with Crippen molar-refractivity contribution in [3.05, 3.63) is 0 Å². The summed E-state index contributed by atoms with van der Waals surface area (Å²) in [7, 11) is 0. The molecule has 0 aliphatic rings. The van der Waals surface area contributed by atoms with Crippen LogP contribution < -0.4 is 0 Å². The molecule has 0 rings (SSSR count). The van der Waals surface area contributed by atoms with Gasteiger partial charge >= 0.3 is 23.9 Å².